The van der Waals surface area contributed by atoms with E-state index in [0.717, 1.165) is 62.6 Å². The van der Waals surface area contributed by atoms with Crippen molar-refractivity contribution in [3.63, 3.8) is 0 Å². The smallest absolute Gasteiger partial charge is 0.0648 e. The van der Waals surface area contributed by atoms with Crippen molar-refractivity contribution >= 4 is 0 Å². The molecule has 5 rings (SSSR count). The van der Waals surface area contributed by atoms with Gasteiger partial charge in [0.1, 0.15) is 0 Å². The molecule has 184 valence electrons. The van der Waals surface area contributed by atoms with E-state index in [1.807, 2.05) is 0 Å². The van der Waals surface area contributed by atoms with Gasteiger partial charge >= 0.3 is 0 Å². The molecule has 1 heterocycles. The Balaban J connectivity index is 1.31. The van der Waals surface area contributed by atoms with Gasteiger partial charge in [-0.25, -0.2) is 0 Å². The highest BCUT2D eigenvalue weighted by Crippen LogP contribution is 2.69. The molecule has 0 aromatic carbocycles. The number of aliphatic hydroxyl groups is 2. The summed E-state index contributed by atoms with van der Waals surface area (Å²) in [6.07, 6.45) is 13.0. The maximum absolute atomic E-state index is 11.2. The summed E-state index contributed by atoms with van der Waals surface area (Å²) in [4.78, 5) is 0. The number of ether oxygens (including phenoxy) is 1. The van der Waals surface area contributed by atoms with Gasteiger partial charge in [-0.1, -0.05) is 34.6 Å². The molecule has 3 nitrogen and oxygen atoms in total. The number of fused-ring (bicyclic) bond motifs is 5. The highest BCUT2D eigenvalue weighted by atomic mass is 16.5. The molecule has 0 spiro atoms. The predicted molar refractivity (Wildman–Crippen MR) is 129 cm³/mol. The fraction of sp³-hybridized carbons (Fsp3) is 1.00. The van der Waals surface area contributed by atoms with E-state index in [4.69, 9.17) is 4.74 Å². The van der Waals surface area contributed by atoms with E-state index in [9.17, 15) is 10.2 Å². The van der Waals surface area contributed by atoms with Gasteiger partial charge in [0, 0.05) is 5.41 Å². The average Bonchev–Trinajstić information content (AvgIpc) is 3.09. The lowest BCUT2D eigenvalue weighted by molar-refractivity contribution is -0.157. The molecule has 0 aromatic heterocycles. The lowest BCUT2D eigenvalue weighted by atomic mass is 9.43. The first-order valence-electron chi connectivity index (χ1n) is 14.0. The van der Waals surface area contributed by atoms with Crippen LogP contribution < -0.4 is 0 Å². The molecule has 1 aliphatic heterocycles. The van der Waals surface area contributed by atoms with Gasteiger partial charge in [0.25, 0.3) is 0 Å². The molecule has 1 saturated heterocycles. The minimum Gasteiger partial charge on any atom is -0.393 e. The van der Waals surface area contributed by atoms with Crippen molar-refractivity contribution in [3.8, 4) is 0 Å². The third-order valence-electron chi connectivity index (χ3n) is 12.4. The van der Waals surface area contributed by atoms with Gasteiger partial charge in [-0.3, -0.25) is 0 Å². The van der Waals surface area contributed by atoms with Gasteiger partial charge in [0.05, 0.1) is 24.9 Å². The molecule has 4 saturated carbocycles. The summed E-state index contributed by atoms with van der Waals surface area (Å²) in [6, 6.07) is 0. The van der Waals surface area contributed by atoms with E-state index in [-0.39, 0.29) is 11.5 Å². The van der Waals surface area contributed by atoms with E-state index in [0.29, 0.717) is 22.7 Å². The minimum atomic E-state index is -0.396. The Hall–Kier alpha value is -0.120. The van der Waals surface area contributed by atoms with Crippen LogP contribution in [0.1, 0.15) is 105 Å². The van der Waals surface area contributed by atoms with E-state index < -0.39 is 5.60 Å². The molecule has 0 aromatic rings. The normalized spacial score (nSPS) is 51.7. The van der Waals surface area contributed by atoms with Crippen molar-refractivity contribution in [2.24, 2.45) is 51.8 Å². The maximum atomic E-state index is 11.2. The van der Waals surface area contributed by atoms with Gasteiger partial charge in [-0.15, -0.1) is 0 Å². The lowest BCUT2D eigenvalue weighted by Gasteiger charge is -2.62. The van der Waals surface area contributed by atoms with Gasteiger partial charge in [0.15, 0.2) is 0 Å². The van der Waals surface area contributed by atoms with Crippen molar-refractivity contribution in [1.29, 1.82) is 0 Å². The molecule has 0 bridgehead atoms. The van der Waals surface area contributed by atoms with Crippen LogP contribution in [0.3, 0.4) is 0 Å². The molecule has 5 aliphatic rings. The first-order valence-corrected chi connectivity index (χ1v) is 14.0. The van der Waals surface area contributed by atoms with E-state index in [2.05, 4.69) is 34.6 Å². The molecule has 2 N–H and O–H groups in total. The summed E-state index contributed by atoms with van der Waals surface area (Å²) in [7, 11) is 0. The van der Waals surface area contributed by atoms with E-state index in [1.54, 1.807) is 0 Å². The number of hydrogen-bond donors (Lipinski definition) is 2. The Labute approximate surface area is 197 Å². The van der Waals surface area contributed by atoms with Crippen LogP contribution >= 0.6 is 0 Å². The second-order valence-corrected chi connectivity index (χ2v) is 14.1. The molecule has 5 fully saturated rings. The van der Waals surface area contributed by atoms with Crippen LogP contribution in [0, 0.1) is 51.8 Å². The molecule has 3 heteroatoms. The van der Waals surface area contributed by atoms with Crippen LogP contribution in [0.2, 0.25) is 0 Å². The van der Waals surface area contributed by atoms with Crippen LogP contribution in [0.15, 0.2) is 0 Å². The van der Waals surface area contributed by atoms with Crippen molar-refractivity contribution in [3.05, 3.63) is 0 Å². The standard InChI is InChI=1S/C29H50O3/c1-6-29(31)14-13-27(4)20(15-29)7-8-21-23-10-9-22(28(23,5)12-11-24(21)27)19(2)25(30)16-26(3)17-32-18-26/h19-25,30-31H,6-18H2,1-5H3/t19-,20?,21-,22+,23-,24-,25+,27-,28+,29-/m0/s1. The number of hydrogen-bond acceptors (Lipinski definition) is 3. The second kappa shape index (κ2) is 7.95. The third-order valence-corrected chi connectivity index (χ3v) is 12.4. The molecule has 4 aliphatic carbocycles. The van der Waals surface area contributed by atoms with Crippen molar-refractivity contribution in [2.45, 2.75) is 117 Å². The molecule has 32 heavy (non-hydrogen) atoms. The largest absolute Gasteiger partial charge is 0.393 e. The zero-order valence-corrected chi connectivity index (χ0v) is 21.5. The maximum Gasteiger partial charge on any atom is 0.0648 e. The number of aliphatic hydroxyl groups excluding tert-OH is 1. The lowest BCUT2D eigenvalue weighted by Crippen LogP contribution is -2.56. The predicted octanol–water partition coefficient (Wildman–Crippen LogP) is 6.21. The molecule has 0 amide bonds. The Morgan fingerprint density at radius 2 is 1.62 bits per heavy atom. The molecule has 10 atom stereocenters. The van der Waals surface area contributed by atoms with Crippen LogP contribution in [0.4, 0.5) is 0 Å². The highest BCUT2D eigenvalue weighted by Gasteiger charge is 2.62. The third kappa shape index (κ3) is 3.54. The van der Waals surface area contributed by atoms with Crippen molar-refractivity contribution < 1.29 is 14.9 Å². The fourth-order valence-electron chi connectivity index (χ4n) is 10.1. The quantitative estimate of drug-likeness (QED) is 0.528. The van der Waals surface area contributed by atoms with Crippen LogP contribution in [0.5, 0.6) is 0 Å². The first kappa shape index (κ1) is 23.6. The fourth-order valence-corrected chi connectivity index (χ4v) is 10.1. The van der Waals surface area contributed by atoms with Gasteiger partial charge in [-0.05, 0) is 117 Å². The summed E-state index contributed by atoms with van der Waals surface area (Å²) in [5, 5.41) is 22.2. The monoisotopic (exact) mass is 446 g/mol. The first-order chi connectivity index (χ1) is 15.0. The SMILES string of the molecule is CC[C@]1(O)CC[C@@]2(C)C(CC[C@H]3[C@@H]4CC[C@H]([C@H](C)[C@H](O)CC5(C)COC5)[C@@]4(C)CC[C@@H]32)C1. The second-order valence-electron chi connectivity index (χ2n) is 14.1. The zero-order valence-electron chi connectivity index (χ0n) is 21.5. The average molecular weight is 447 g/mol. The molecular formula is C29H50O3. The van der Waals surface area contributed by atoms with Gasteiger partial charge in [-0.2, -0.15) is 0 Å². The van der Waals surface area contributed by atoms with Gasteiger partial charge < -0.3 is 14.9 Å². The Morgan fingerprint density at radius 3 is 2.28 bits per heavy atom. The van der Waals surface area contributed by atoms with Crippen molar-refractivity contribution in [2.75, 3.05) is 13.2 Å². The molecule has 0 radical (unpaired) electrons. The Kier molecular flexibility index (Phi) is 5.87. The van der Waals surface area contributed by atoms with Gasteiger partial charge in [0.2, 0.25) is 0 Å². The zero-order chi connectivity index (χ0) is 22.9. The van der Waals surface area contributed by atoms with E-state index >= 15 is 0 Å². The summed E-state index contributed by atoms with van der Waals surface area (Å²) in [5.74, 6) is 4.33. The summed E-state index contributed by atoms with van der Waals surface area (Å²) in [5.41, 5.74) is 0.638. The Morgan fingerprint density at radius 1 is 0.906 bits per heavy atom. The van der Waals surface area contributed by atoms with Crippen molar-refractivity contribution in [1.82, 2.24) is 0 Å². The minimum absolute atomic E-state index is 0.193. The topological polar surface area (TPSA) is 49.7 Å². The van der Waals surface area contributed by atoms with Crippen LogP contribution in [-0.4, -0.2) is 35.1 Å². The highest BCUT2D eigenvalue weighted by molar-refractivity contribution is 5.11. The van der Waals surface area contributed by atoms with Crippen LogP contribution in [-0.2, 0) is 4.74 Å². The van der Waals surface area contributed by atoms with Crippen LogP contribution in [0.25, 0.3) is 0 Å². The van der Waals surface area contributed by atoms with E-state index in [1.165, 1.54) is 44.9 Å². The summed E-state index contributed by atoms with van der Waals surface area (Å²) in [6.45, 7) is 13.6. The summed E-state index contributed by atoms with van der Waals surface area (Å²) < 4.78 is 5.45. The number of rotatable bonds is 5. The summed E-state index contributed by atoms with van der Waals surface area (Å²) >= 11 is 0. The Bertz CT molecular complexity index is 703. The molecule has 1 unspecified atom stereocenters. The molecular weight excluding hydrogens is 396 g/mol.